The maximum atomic E-state index is 12.9. The van der Waals surface area contributed by atoms with Crippen molar-refractivity contribution in [3.63, 3.8) is 0 Å². The first-order valence-electron chi connectivity index (χ1n) is 50.4. The highest BCUT2D eigenvalue weighted by Gasteiger charge is 2.46. The number of ether oxygens (including phenoxy) is 6. The third kappa shape index (κ3) is 25.7. The molecule has 2 N–H and O–H groups in total. The summed E-state index contributed by atoms with van der Waals surface area (Å²) in [6.45, 7) is 28.3. The summed E-state index contributed by atoms with van der Waals surface area (Å²) < 4.78 is 62.1. The number of halogens is 1. The van der Waals surface area contributed by atoms with Crippen LogP contribution in [0.1, 0.15) is 269 Å². The summed E-state index contributed by atoms with van der Waals surface area (Å²) in [7, 11) is 1.73. The van der Waals surface area contributed by atoms with Gasteiger partial charge in [0.2, 0.25) is 0 Å². The highest BCUT2D eigenvalue weighted by molar-refractivity contribution is 8.13. The van der Waals surface area contributed by atoms with E-state index in [1.165, 1.54) is 34.4 Å². The van der Waals surface area contributed by atoms with Gasteiger partial charge in [0.15, 0.2) is 0 Å². The van der Waals surface area contributed by atoms with Gasteiger partial charge in [0.25, 0.3) is 32.7 Å². The minimum atomic E-state index is -3.98. The van der Waals surface area contributed by atoms with Crippen molar-refractivity contribution >= 4 is 66.7 Å². The Morgan fingerprint density at radius 3 is 1.09 bits per heavy atom. The predicted molar refractivity (Wildman–Crippen MR) is 565 cm³/mol. The van der Waals surface area contributed by atoms with Crippen LogP contribution in [0.25, 0.3) is 11.1 Å². The van der Waals surface area contributed by atoms with Crippen molar-refractivity contribution in [2.45, 2.75) is 212 Å². The number of fused-ring (bicyclic) bond motifs is 4. The fourth-order valence-electron chi connectivity index (χ4n) is 20.9. The fraction of sp³-hybridized carbons (Fsp3) is 0.407. The molecule has 8 aliphatic heterocycles. The van der Waals surface area contributed by atoms with E-state index in [1.54, 1.807) is 32.9 Å². The lowest BCUT2D eigenvalue weighted by atomic mass is 9.75. The van der Waals surface area contributed by atoms with E-state index in [4.69, 9.17) is 39.1 Å². The number of carbonyl (C=O) groups excluding carboxylic acids is 6. The molecule has 0 radical (unpaired) electrons. The Kier molecular flexibility index (Phi) is 37.2. The molecule has 0 aromatic heterocycles. The Morgan fingerprint density at radius 2 is 0.711 bits per heavy atom. The molecule has 4 fully saturated rings. The van der Waals surface area contributed by atoms with Crippen LogP contribution in [-0.4, -0.2) is 201 Å². The number of hydrogen-bond donors (Lipinski definition) is 2. The summed E-state index contributed by atoms with van der Waals surface area (Å²) in [6.07, 6.45) is 16.3. The van der Waals surface area contributed by atoms with Gasteiger partial charge in [-0.3, -0.25) is 19.2 Å². The van der Waals surface area contributed by atoms with Gasteiger partial charge < -0.3 is 68.5 Å². The number of rotatable bonds is 21. The van der Waals surface area contributed by atoms with E-state index in [-0.39, 0.29) is 80.0 Å². The summed E-state index contributed by atoms with van der Waals surface area (Å²) >= 11 is 0. The second kappa shape index (κ2) is 49.4. The van der Waals surface area contributed by atoms with Crippen molar-refractivity contribution in [1.82, 2.24) is 40.0 Å². The average Bonchev–Trinajstić information content (AvgIpc) is 1.03. The first kappa shape index (κ1) is 107. The molecule has 8 heterocycles. The van der Waals surface area contributed by atoms with Crippen LogP contribution < -0.4 is 29.6 Å². The molecule has 8 aliphatic rings. The highest BCUT2D eigenvalue weighted by atomic mass is 35.7. The molecule has 4 saturated heterocycles. The number of hydrogen-bond acceptors (Lipinski definition) is 16. The zero-order valence-corrected chi connectivity index (χ0v) is 83.9. The van der Waals surface area contributed by atoms with E-state index in [0.29, 0.717) is 112 Å². The molecule has 6 amide bonds. The van der Waals surface area contributed by atoms with Crippen molar-refractivity contribution in [3.05, 3.63) is 339 Å². The minimum Gasteiger partial charge on any atom is -0.487 e. The average molecular weight is 1970 g/mol. The van der Waals surface area contributed by atoms with Crippen LogP contribution in [0, 0.1) is 0 Å². The second-order valence-electron chi connectivity index (χ2n) is 37.5. The zero-order chi connectivity index (χ0) is 98.4. The lowest BCUT2D eigenvalue weighted by Gasteiger charge is -2.42. The molecule has 18 rings (SSSR count). The number of carbonyl (C=O) groups is 6. The van der Waals surface area contributed by atoms with Crippen molar-refractivity contribution in [3.8, 4) is 23.0 Å². The maximum Gasteiger partial charge on any atom is 0.410 e. The molecule has 0 saturated carbocycles. The van der Waals surface area contributed by atoms with Crippen LogP contribution in [-0.2, 0) is 31.7 Å². The van der Waals surface area contributed by atoms with Gasteiger partial charge in [0.05, 0.1) is 4.90 Å². The summed E-state index contributed by atoms with van der Waals surface area (Å²) in [5.74, 6) is 4.25. The smallest absolute Gasteiger partial charge is 0.410 e. The van der Waals surface area contributed by atoms with E-state index >= 15 is 0 Å². The van der Waals surface area contributed by atoms with Crippen LogP contribution in [0.2, 0.25) is 0 Å². The van der Waals surface area contributed by atoms with Crippen molar-refractivity contribution < 1.29 is 65.6 Å². The van der Waals surface area contributed by atoms with Crippen LogP contribution in [0.3, 0.4) is 0 Å². The molecule has 4 spiro atoms. The van der Waals surface area contributed by atoms with Gasteiger partial charge in [-0.05, 0) is 300 Å². The Bertz CT molecular complexity index is 5930. The minimum absolute atomic E-state index is 0. The Balaban J connectivity index is 0.000000160. The normalized spacial score (nSPS) is 20.3. The van der Waals surface area contributed by atoms with Crippen LogP contribution in [0.5, 0.6) is 23.0 Å². The third-order valence-electron chi connectivity index (χ3n) is 28.8. The first-order chi connectivity index (χ1) is 67.9. The van der Waals surface area contributed by atoms with Gasteiger partial charge in [0, 0.05) is 158 Å². The van der Waals surface area contributed by atoms with Gasteiger partial charge >= 0.3 is 12.2 Å². The predicted octanol–water partition coefficient (Wildman–Crippen LogP) is 23.5. The van der Waals surface area contributed by atoms with E-state index in [1.807, 2.05) is 216 Å². The fourth-order valence-corrected chi connectivity index (χ4v) is 21.6. The number of benzene rings is 10. The van der Waals surface area contributed by atoms with Crippen LogP contribution >= 0.6 is 10.7 Å². The van der Waals surface area contributed by atoms with E-state index in [2.05, 4.69) is 95.6 Å². The topological polar surface area (TPSA) is 235 Å². The van der Waals surface area contributed by atoms with E-state index < -0.39 is 20.3 Å². The molecule has 0 aliphatic carbocycles. The van der Waals surface area contributed by atoms with Crippen molar-refractivity contribution in [1.29, 1.82) is 0 Å². The number of nitrogens with one attached hydrogen (secondary N) is 2. The maximum absolute atomic E-state index is 12.9. The molecule has 6 unspecified atom stereocenters. The summed E-state index contributed by atoms with van der Waals surface area (Å²) in [6, 6.07) is 80.7. The lowest BCUT2D eigenvalue weighted by molar-refractivity contribution is 0.0278. The molecule has 0 bridgehead atoms. The van der Waals surface area contributed by atoms with Gasteiger partial charge in [-0.25, -0.2) is 18.0 Å². The molecule has 10 aromatic carbocycles. The Labute approximate surface area is 845 Å². The lowest BCUT2D eigenvalue weighted by Crippen LogP contribution is -2.42. The van der Waals surface area contributed by atoms with Gasteiger partial charge in [-0.2, -0.15) is 0 Å². The van der Waals surface area contributed by atoms with Crippen LogP contribution in [0.15, 0.2) is 266 Å². The Hall–Kier alpha value is -12.5. The molecular weight excluding hydrogens is 1820 g/mol. The standard InChI is InChI=1S/C33H35ClN2O6S.C33H36N2O4.2C25H32N2O2.2CH4/c1-3-35(4-2)31(37)26-13-11-25(12-14-26)29-22-33(42-30-16-15-27(21-28(29)30)43(34,39)40)17-8-19-36(20-18-33)32(38)41-23-24-9-6-5-7-10-24;1-3-34(4-2)31(36)27-17-15-26(16-18-27)29-23-33(39-30-14-9-8-13-28(29)30)19-10-21-35(22-20-33)32(37)38-24-25-11-6-5-7-12-25;2*1-3-27(4-2)24(28)20-12-10-19(11-13-20)22-18-25(14-7-16-26-17-15-25)29-23-9-6-5-8-21(22)23;;/h5-7,9-16,21-22H,3-4,8,17-20,23H2,1-2H3;5-9,11-18,23H,3-4,10,19-22,24H2,1-2H3;2*5-6,8-13,22,26H,3-4,7,14-18H2,1-2H3;2*1H4. The number of likely N-dealkylation sites (tertiary alicyclic amines) is 2. The van der Waals surface area contributed by atoms with Gasteiger partial charge in [0.1, 0.15) is 58.6 Å². The molecule has 752 valence electrons. The molecule has 24 heteroatoms. The van der Waals surface area contributed by atoms with Gasteiger partial charge in [-0.1, -0.05) is 179 Å². The van der Waals surface area contributed by atoms with Gasteiger partial charge in [-0.15, -0.1) is 0 Å². The van der Waals surface area contributed by atoms with E-state index in [0.717, 1.165) is 184 Å². The van der Waals surface area contributed by atoms with Crippen molar-refractivity contribution in [2.24, 2.45) is 0 Å². The quantitative estimate of drug-likeness (QED) is 0.0636. The number of para-hydroxylation sites is 3. The monoisotopic (exact) mass is 1960 g/mol. The molecule has 6 atom stereocenters. The third-order valence-corrected chi connectivity index (χ3v) is 30.2. The van der Waals surface area contributed by atoms with Crippen molar-refractivity contribution in [2.75, 3.05) is 105 Å². The highest BCUT2D eigenvalue weighted by Crippen LogP contribution is 2.52. The Morgan fingerprint density at radius 1 is 0.366 bits per heavy atom. The molecule has 142 heavy (non-hydrogen) atoms. The SMILES string of the molecule is C.C.CCN(CC)C(=O)c1ccc(C2=CC3(CCCN(C(=O)OCc4ccccc4)CC3)Oc3ccc(S(=O)(=O)Cl)cc32)cc1.CCN(CC)C(=O)c1ccc(C2=CC3(CCCN(C(=O)OCc4ccccc4)CC3)Oc3ccccc32)cc1.CCN(CC)C(=O)c1ccc(C2CC3(CCCNCC3)Oc3ccccc32)cc1.CCN(CC)C(=O)c1ccc(C2CC3(CCCNCC3)Oc3ccccc32)cc1. The summed E-state index contributed by atoms with van der Waals surface area (Å²) in [4.78, 5) is 87.7. The first-order valence-corrected chi connectivity index (χ1v) is 52.7. The second-order valence-corrected chi connectivity index (χ2v) is 40.0. The number of nitrogens with zero attached hydrogens (tertiary/aromatic N) is 6. The molecular formula is C118H143ClN8O14S. The largest absolute Gasteiger partial charge is 0.487 e. The zero-order valence-electron chi connectivity index (χ0n) is 82.3. The summed E-state index contributed by atoms with van der Waals surface area (Å²) in [5, 5.41) is 7.03. The number of amides is 6. The van der Waals surface area contributed by atoms with Crippen LogP contribution in [0.4, 0.5) is 9.59 Å². The molecule has 10 aromatic rings. The molecule has 22 nitrogen and oxygen atoms in total. The van der Waals surface area contributed by atoms with E-state index in [9.17, 15) is 37.2 Å². The summed E-state index contributed by atoms with van der Waals surface area (Å²) in [5.41, 5.74) is 13.7.